The van der Waals surface area contributed by atoms with Crippen molar-refractivity contribution in [3.05, 3.63) is 29.3 Å². The number of carbonyl (C=O) groups excluding carboxylic acids is 2. The molecule has 1 saturated heterocycles. The third kappa shape index (κ3) is 2.56. The molecule has 1 aromatic rings. The standard InChI is InChI=1S/C14H15NO4S/c1-3-20-11-7-12(16)15(13(11)17)10-6-9(14(18)19)5-4-8(10)2/h4-6,11H,3,7H2,1-2H3,(H,18,19)/t11-/m0/s1. The van der Waals surface area contributed by atoms with Crippen LogP contribution in [0.5, 0.6) is 0 Å². The first kappa shape index (κ1) is 14.6. The zero-order valence-corrected chi connectivity index (χ0v) is 12.1. The third-order valence-electron chi connectivity index (χ3n) is 3.17. The Hall–Kier alpha value is -1.82. The van der Waals surface area contributed by atoms with Crippen molar-refractivity contribution in [2.75, 3.05) is 10.7 Å². The maximum atomic E-state index is 12.3. The van der Waals surface area contributed by atoms with Gasteiger partial charge < -0.3 is 5.11 Å². The van der Waals surface area contributed by atoms with Gasteiger partial charge in [0, 0.05) is 6.42 Å². The fourth-order valence-electron chi connectivity index (χ4n) is 2.17. The van der Waals surface area contributed by atoms with Gasteiger partial charge in [0.05, 0.1) is 16.5 Å². The summed E-state index contributed by atoms with van der Waals surface area (Å²) in [6.07, 6.45) is 0.175. The molecule has 0 unspecified atom stereocenters. The minimum atomic E-state index is -1.08. The molecule has 1 aliphatic heterocycles. The molecule has 1 aliphatic rings. The van der Waals surface area contributed by atoms with Gasteiger partial charge in [-0.3, -0.25) is 9.59 Å². The van der Waals surface area contributed by atoms with E-state index in [2.05, 4.69) is 0 Å². The lowest BCUT2D eigenvalue weighted by molar-refractivity contribution is -0.121. The summed E-state index contributed by atoms with van der Waals surface area (Å²) in [5.74, 6) is -0.852. The first-order chi connectivity index (χ1) is 9.45. The Bertz CT molecular complexity index is 585. The SMILES string of the molecule is CCS[C@H]1CC(=O)N(c2cc(C(=O)O)ccc2C)C1=O. The molecule has 2 rings (SSSR count). The molecule has 0 saturated carbocycles. The highest BCUT2D eigenvalue weighted by Gasteiger charge is 2.40. The van der Waals surface area contributed by atoms with E-state index < -0.39 is 5.97 Å². The van der Waals surface area contributed by atoms with Crippen LogP contribution in [0.4, 0.5) is 5.69 Å². The van der Waals surface area contributed by atoms with Crippen LogP contribution in [0.3, 0.4) is 0 Å². The number of hydrogen-bond donors (Lipinski definition) is 1. The van der Waals surface area contributed by atoms with Crippen LogP contribution in [0, 0.1) is 6.92 Å². The minimum Gasteiger partial charge on any atom is -0.478 e. The molecule has 1 N–H and O–H groups in total. The number of imide groups is 1. The largest absolute Gasteiger partial charge is 0.478 e. The lowest BCUT2D eigenvalue weighted by atomic mass is 10.1. The molecule has 1 aromatic carbocycles. The van der Waals surface area contributed by atoms with Gasteiger partial charge in [-0.2, -0.15) is 0 Å². The van der Waals surface area contributed by atoms with Crippen LogP contribution in [0.2, 0.25) is 0 Å². The molecule has 0 bridgehead atoms. The zero-order chi connectivity index (χ0) is 14.9. The molecule has 0 aromatic heterocycles. The quantitative estimate of drug-likeness (QED) is 0.860. The number of aryl methyl sites for hydroxylation is 1. The van der Waals surface area contributed by atoms with E-state index in [-0.39, 0.29) is 29.0 Å². The van der Waals surface area contributed by atoms with Crippen molar-refractivity contribution < 1.29 is 19.5 Å². The molecular formula is C14H15NO4S. The second kappa shape index (κ2) is 5.66. The van der Waals surface area contributed by atoms with E-state index in [1.165, 1.54) is 23.9 Å². The van der Waals surface area contributed by atoms with E-state index in [0.717, 1.165) is 10.7 Å². The molecule has 1 heterocycles. The van der Waals surface area contributed by atoms with Gasteiger partial charge in [0.2, 0.25) is 11.8 Å². The highest BCUT2D eigenvalue weighted by Crippen LogP contribution is 2.32. The van der Waals surface area contributed by atoms with Gasteiger partial charge in [-0.15, -0.1) is 11.8 Å². The van der Waals surface area contributed by atoms with Crippen LogP contribution in [-0.2, 0) is 9.59 Å². The Balaban J connectivity index is 2.40. The van der Waals surface area contributed by atoms with Gasteiger partial charge in [-0.25, -0.2) is 9.69 Å². The molecule has 1 fully saturated rings. The first-order valence-corrected chi connectivity index (χ1v) is 7.33. The number of nitrogens with zero attached hydrogens (tertiary/aromatic N) is 1. The molecule has 106 valence electrons. The van der Waals surface area contributed by atoms with Gasteiger partial charge in [0.1, 0.15) is 0 Å². The maximum absolute atomic E-state index is 12.3. The smallest absolute Gasteiger partial charge is 0.335 e. The topological polar surface area (TPSA) is 74.7 Å². The number of thioether (sulfide) groups is 1. The van der Waals surface area contributed by atoms with Gasteiger partial charge in [-0.05, 0) is 30.4 Å². The highest BCUT2D eigenvalue weighted by molar-refractivity contribution is 8.00. The summed E-state index contributed by atoms with van der Waals surface area (Å²) in [5, 5.41) is 8.66. The summed E-state index contributed by atoms with van der Waals surface area (Å²) in [7, 11) is 0. The van der Waals surface area contributed by atoms with Crippen molar-refractivity contribution in [2.45, 2.75) is 25.5 Å². The second-order valence-electron chi connectivity index (χ2n) is 4.52. The summed E-state index contributed by atoms with van der Waals surface area (Å²) < 4.78 is 0. The fraction of sp³-hybridized carbons (Fsp3) is 0.357. The number of carbonyl (C=O) groups is 3. The normalized spacial score (nSPS) is 18.7. The number of carboxylic acid groups (broad SMARTS) is 1. The number of aromatic carboxylic acids is 1. The van der Waals surface area contributed by atoms with Crippen LogP contribution >= 0.6 is 11.8 Å². The Morgan fingerprint density at radius 1 is 1.45 bits per heavy atom. The Morgan fingerprint density at radius 3 is 2.75 bits per heavy atom. The van der Waals surface area contributed by atoms with Crippen LogP contribution in [0.15, 0.2) is 18.2 Å². The average Bonchev–Trinajstić information content (AvgIpc) is 2.66. The Kier molecular flexibility index (Phi) is 4.13. The van der Waals surface area contributed by atoms with E-state index >= 15 is 0 Å². The molecule has 0 aliphatic carbocycles. The van der Waals surface area contributed by atoms with Crippen molar-refractivity contribution in [3.63, 3.8) is 0 Å². The van der Waals surface area contributed by atoms with Crippen molar-refractivity contribution in [3.8, 4) is 0 Å². The number of benzene rings is 1. The fourth-order valence-corrected chi connectivity index (χ4v) is 3.08. The van der Waals surface area contributed by atoms with Crippen LogP contribution < -0.4 is 4.90 Å². The second-order valence-corrected chi connectivity index (χ2v) is 6.00. The lowest BCUT2D eigenvalue weighted by Crippen LogP contribution is -2.32. The Labute approximate surface area is 121 Å². The van der Waals surface area contributed by atoms with E-state index in [4.69, 9.17) is 5.11 Å². The number of carboxylic acids is 1. The van der Waals surface area contributed by atoms with Gasteiger partial charge in [0.25, 0.3) is 0 Å². The van der Waals surface area contributed by atoms with Crippen molar-refractivity contribution in [1.29, 1.82) is 0 Å². The van der Waals surface area contributed by atoms with Crippen LogP contribution in [0.25, 0.3) is 0 Å². The first-order valence-electron chi connectivity index (χ1n) is 6.28. The van der Waals surface area contributed by atoms with Gasteiger partial charge >= 0.3 is 5.97 Å². The predicted octanol–water partition coefficient (Wildman–Crippen LogP) is 2.08. The zero-order valence-electron chi connectivity index (χ0n) is 11.3. The highest BCUT2D eigenvalue weighted by atomic mass is 32.2. The molecule has 0 radical (unpaired) electrons. The summed E-state index contributed by atoms with van der Waals surface area (Å²) in [6, 6.07) is 4.45. The van der Waals surface area contributed by atoms with Crippen molar-refractivity contribution in [1.82, 2.24) is 0 Å². The molecule has 2 amide bonds. The van der Waals surface area contributed by atoms with Crippen molar-refractivity contribution in [2.24, 2.45) is 0 Å². The molecule has 6 heteroatoms. The molecule has 1 atom stereocenters. The average molecular weight is 293 g/mol. The van der Waals surface area contributed by atoms with Gasteiger partial charge in [0.15, 0.2) is 0 Å². The summed E-state index contributed by atoms with van der Waals surface area (Å²) in [6.45, 7) is 3.68. The number of rotatable bonds is 4. The number of amides is 2. The predicted molar refractivity (Wildman–Crippen MR) is 77.2 cm³/mol. The minimum absolute atomic E-state index is 0.0674. The van der Waals surface area contributed by atoms with E-state index in [9.17, 15) is 14.4 Å². The number of anilines is 1. The summed E-state index contributed by atoms with van der Waals surface area (Å²) in [4.78, 5) is 36.5. The van der Waals surface area contributed by atoms with E-state index in [0.29, 0.717) is 11.3 Å². The van der Waals surface area contributed by atoms with E-state index in [1.807, 2.05) is 6.92 Å². The molecular weight excluding hydrogens is 278 g/mol. The lowest BCUT2D eigenvalue weighted by Gasteiger charge is -2.17. The molecule has 0 spiro atoms. The monoisotopic (exact) mass is 293 g/mol. The third-order valence-corrected chi connectivity index (χ3v) is 4.27. The van der Waals surface area contributed by atoms with E-state index in [1.54, 1.807) is 13.0 Å². The van der Waals surface area contributed by atoms with Crippen LogP contribution in [-0.4, -0.2) is 33.9 Å². The number of hydrogen-bond acceptors (Lipinski definition) is 4. The Morgan fingerprint density at radius 2 is 2.15 bits per heavy atom. The van der Waals surface area contributed by atoms with Gasteiger partial charge in [-0.1, -0.05) is 13.0 Å². The molecule has 20 heavy (non-hydrogen) atoms. The maximum Gasteiger partial charge on any atom is 0.335 e. The summed E-state index contributed by atoms with van der Waals surface area (Å²) in [5.41, 5.74) is 1.15. The van der Waals surface area contributed by atoms with Crippen molar-refractivity contribution >= 4 is 35.2 Å². The molecule has 5 nitrogen and oxygen atoms in total. The van der Waals surface area contributed by atoms with Crippen LogP contribution in [0.1, 0.15) is 29.3 Å². The summed E-state index contributed by atoms with van der Waals surface area (Å²) >= 11 is 1.44.